The van der Waals surface area contributed by atoms with E-state index in [0.29, 0.717) is 17.2 Å². The smallest absolute Gasteiger partial charge is 0.262 e. The highest BCUT2D eigenvalue weighted by atomic mass is 35.5. The maximum Gasteiger partial charge on any atom is 0.262 e. The van der Waals surface area contributed by atoms with Crippen molar-refractivity contribution in [1.29, 1.82) is 0 Å². The van der Waals surface area contributed by atoms with Crippen LogP contribution in [-0.2, 0) is 9.47 Å². The third kappa shape index (κ3) is 4.88. The van der Waals surface area contributed by atoms with Crippen molar-refractivity contribution in [2.24, 2.45) is 0 Å². The van der Waals surface area contributed by atoms with Gasteiger partial charge in [-0.25, -0.2) is 4.39 Å². The van der Waals surface area contributed by atoms with Crippen LogP contribution in [0.1, 0.15) is 10.4 Å². The molecule has 0 aromatic heterocycles. The van der Waals surface area contributed by atoms with Crippen LogP contribution in [0.3, 0.4) is 0 Å². The third-order valence-electron chi connectivity index (χ3n) is 3.95. The number of carbonyl (C=O) groups excluding carboxylic acids is 1. The van der Waals surface area contributed by atoms with Crippen LogP contribution in [0.25, 0.3) is 0 Å². The second-order valence-electron chi connectivity index (χ2n) is 5.48. The molecule has 0 saturated heterocycles. The summed E-state index contributed by atoms with van der Waals surface area (Å²) < 4.78 is 34.5. The number of methoxy groups -OCH3 is 4. The molecule has 146 valence electrons. The van der Waals surface area contributed by atoms with Crippen LogP contribution in [0.2, 0.25) is 5.02 Å². The Morgan fingerprint density at radius 2 is 1.78 bits per heavy atom. The minimum absolute atomic E-state index is 0.0498. The highest BCUT2D eigenvalue weighted by Crippen LogP contribution is 2.29. The summed E-state index contributed by atoms with van der Waals surface area (Å²) >= 11 is 5.90. The number of anilines is 1. The monoisotopic (exact) mass is 397 g/mol. The Kier molecular flexibility index (Phi) is 7.41. The Labute approximate surface area is 162 Å². The van der Waals surface area contributed by atoms with Crippen LogP contribution < -0.4 is 14.4 Å². The van der Waals surface area contributed by atoms with Crippen molar-refractivity contribution >= 4 is 23.2 Å². The molecule has 2 rings (SSSR count). The van der Waals surface area contributed by atoms with Gasteiger partial charge in [0.2, 0.25) is 0 Å². The van der Waals surface area contributed by atoms with E-state index in [1.807, 2.05) is 0 Å². The zero-order chi connectivity index (χ0) is 20.0. The van der Waals surface area contributed by atoms with Gasteiger partial charge in [-0.05, 0) is 36.4 Å². The molecule has 0 aliphatic heterocycles. The van der Waals surface area contributed by atoms with E-state index in [1.165, 1.54) is 51.5 Å². The molecule has 0 heterocycles. The molecule has 8 heteroatoms. The molecule has 0 radical (unpaired) electrons. The molecule has 0 aliphatic carbocycles. The number of carbonyl (C=O) groups is 1. The maximum absolute atomic E-state index is 13.6. The van der Waals surface area contributed by atoms with Crippen molar-refractivity contribution in [1.82, 2.24) is 0 Å². The number of nitrogens with zero attached hydrogens (tertiary/aromatic N) is 1. The number of ether oxygens (including phenoxy) is 4. The van der Waals surface area contributed by atoms with Gasteiger partial charge in [0.15, 0.2) is 6.29 Å². The van der Waals surface area contributed by atoms with E-state index in [0.717, 1.165) is 0 Å². The van der Waals surface area contributed by atoms with Crippen molar-refractivity contribution in [2.45, 2.75) is 6.29 Å². The first-order chi connectivity index (χ1) is 12.9. The predicted molar refractivity (Wildman–Crippen MR) is 100 cm³/mol. The minimum atomic E-state index is -0.700. The van der Waals surface area contributed by atoms with Crippen molar-refractivity contribution in [3.05, 3.63) is 52.8 Å². The van der Waals surface area contributed by atoms with Gasteiger partial charge in [-0.2, -0.15) is 0 Å². The van der Waals surface area contributed by atoms with Gasteiger partial charge < -0.3 is 23.8 Å². The molecule has 0 N–H and O–H groups in total. The molecule has 2 aromatic rings. The number of amides is 1. The fourth-order valence-electron chi connectivity index (χ4n) is 2.48. The van der Waals surface area contributed by atoms with Crippen LogP contribution in [0.5, 0.6) is 11.5 Å². The van der Waals surface area contributed by atoms with Crippen molar-refractivity contribution in [3.63, 3.8) is 0 Å². The highest BCUT2D eigenvalue weighted by molar-refractivity contribution is 6.31. The molecular weight excluding hydrogens is 377 g/mol. The molecule has 0 fully saturated rings. The van der Waals surface area contributed by atoms with Gasteiger partial charge in [0, 0.05) is 19.9 Å². The fourth-order valence-corrected chi connectivity index (χ4v) is 2.65. The Morgan fingerprint density at radius 3 is 2.33 bits per heavy atom. The first-order valence-electron chi connectivity index (χ1n) is 7.99. The summed E-state index contributed by atoms with van der Waals surface area (Å²) in [6.45, 7) is 0.0498. The summed E-state index contributed by atoms with van der Waals surface area (Å²) in [6, 6.07) is 8.88. The second kappa shape index (κ2) is 9.55. The van der Waals surface area contributed by atoms with Gasteiger partial charge in [-0.15, -0.1) is 0 Å². The average molecular weight is 398 g/mol. The van der Waals surface area contributed by atoms with E-state index in [2.05, 4.69) is 0 Å². The molecule has 0 unspecified atom stereocenters. The van der Waals surface area contributed by atoms with Gasteiger partial charge in [-0.3, -0.25) is 4.79 Å². The van der Waals surface area contributed by atoms with Crippen LogP contribution in [-0.4, -0.2) is 47.2 Å². The standard InChI is InChI=1S/C19H21ClFNO5/c1-24-13-6-8-17(25-2)14(10-13)19(23)22(11-18(26-3)27-4)12-5-7-16(21)15(20)9-12/h5-10,18H,11H2,1-4H3. The lowest BCUT2D eigenvalue weighted by atomic mass is 10.1. The summed E-state index contributed by atoms with van der Waals surface area (Å²) in [4.78, 5) is 14.7. The Balaban J connectivity index is 2.52. The summed E-state index contributed by atoms with van der Waals surface area (Å²) in [5.41, 5.74) is 0.652. The Hall–Kier alpha value is -2.35. The number of benzene rings is 2. The topological polar surface area (TPSA) is 57.2 Å². The summed E-state index contributed by atoms with van der Waals surface area (Å²) in [5, 5.41) is -0.103. The number of hydrogen-bond donors (Lipinski definition) is 0. The lowest BCUT2D eigenvalue weighted by molar-refractivity contribution is -0.0942. The number of hydrogen-bond acceptors (Lipinski definition) is 5. The summed E-state index contributed by atoms with van der Waals surface area (Å²) in [5.74, 6) is -0.133. The average Bonchev–Trinajstić information content (AvgIpc) is 2.70. The lowest BCUT2D eigenvalue weighted by Gasteiger charge is -2.27. The van der Waals surface area contributed by atoms with Crippen LogP contribution in [0.4, 0.5) is 10.1 Å². The van der Waals surface area contributed by atoms with E-state index < -0.39 is 18.0 Å². The molecule has 1 amide bonds. The first kappa shape index (κ1) is 21.0. The Morgan fingerprint density at radius 1 is 1.07 bits per heavy atom. The van der Waals surface area contributed by atoms with E-state index in [-0.39, 0.29) is 17.1 Å². The van der Waals surface area contributed by atoms with Gasteiger partial charge >= 0.3 is 0 Å². The SMILES string of the molecule is COc1ccc(OC)c(C(=O)N(CC(OC)OC)c2ccc(F)c(Cl)c2)c1. The second-order valence-corrected chi connectivity index (χ2v) is 5.89. The number of rotatable bonds is 8. The maximum atomic E-state index is 13.6. The predicted octanol–water partition coefficient (Wildman–Crippen LogP) is 3.76. The van der Waals surface area contributed by atoms with Gasteiger partial charge in [0.1, 0.15) is 17.3 Å². The van der Waals surface area contributed by atoms with E-state index in [1.54, 1.807) is 18.2 Å². The quantitative estimate of drug-likeness (QED) is 0.635. The molecule has 0 bridgehead atoms. The zero-order valence-corrected chi connectivity index (χ0v) is 16.2. The normalized spacial score (nSPS) is 10.8. The fraction of sp³-hybridized carbons (Fsp3) is 0.316. The van der Waals surface area contributed by atoms with Gasteiger partial charge in [-0.1, -0.05) is 11.6 Å². The summed E-state index contributed by atoms with van der Waals surface area (Å²) in [6.07, 6.45) is -0.700. The van der Waals surface area contributed by atoms with E-state index >= 15 is 0 Å². The minimum Gasteiger partial charge on any atom is -0.497 e. The van der Waals surface area contributed by atoms with Crippen molar-refractivity contribution in [3.8, 4) is 11.5 Å². The molecule has 27 heavy (non-hydrogen) atoms. The summed E-state index contributed by atoms with van der Waals surface area (Å²) in [7, 11) is 5.88. The molecule has 6 nitrogen and oxygen atoms in total. The first-order valence-corrected chi connectivity index (χ1v) is 8.37. The molecule has 0 atom stereocenters. The van der Waals surface area contributed by atoms with E-state index in [9.17, 15) is 9.18 Å². The molecule has 0 aliphatic rings. The van der Waals surface area contributed by atoms with E-state index in [4.69, 9.17) is 30.5 Å². The van der Waals surface area contributed by atoms with Gasteiger partial charge in [0.25, 0.3) is 5.91 Å². The largest absolute Gasteiger partial charge is 0.497 e. The molecule has 0 spiro atoms. The lowest BCUT2D eigenvalue weighted by Crippen LogP contribution is -2.39. The number of halogens is 2. The van der Waals surface area contributed by atoms with Crippen LogP contribution in [0, 0.1) is 5.82 Å². The molecule has 0 saturated carbocycles. The van der Waals surface area contributed by atoms with Crippen LogP contribution >= 0.6 is 11.6 Å². The van der Waals surface area contributed by atoms with Gasteiger partial charge in [0.05, 0.1) is 31.4 Å². The highest BCUT2D eigenvalue weighted by Gasteiger charge is 2.25. The van der Waals surface area contributed by atoms with Crippen molar-refractivity contribution < 1.29 is 28.1 Å². The molecule has 2 aromatic carbocycles. The Bertz CT molecular complexity index is 798. The third-order valence-corrected chi connectivity index (χ3v) is 4.24. The van der Waals surface area contributed by atoms with Crippen molar-refractivity contribution in [2.75, 3.05) is 39.9 Å². The van der Waals surface area contributed by atoms with Crippen LogP contribution in [0.15, 0.2) is 36.4 Å². The zero-order valence-electron chi connectivity index (χ0n) is 15.5. The molecular formula is C19H21ClFNO5.